The van der Waals surface area contributed by atoms with Crippen LogP contribution in [-0.4, -0.2) is 54.2 Å². The number of aromatic nitrogens is 1. The Balaban J connectivity index is 0.00000192. The van der Waals surface area contributed by atoms with E-state index in [1.807, 2.05) is 11.9 Å². The van der Waals surface area contributed by atoms with E-state index in [2.05, 4.69) is 9.88 Å². The molecule has 0 aliphatic carbocycles. The molecule has 1 saturated heterocycles. The number of hydrogen-bond donors (Lipinski definition) is 2. The average Bonchev–Trinajstić information content (AvgIpc) is 2.48. The molecule has 2 N–H and O–H groups in total. The highest BCUT2D eigenvalue weighted by atomic mass is 35.5. The molecule has 1 aliphatic heterocycles. The number of piperazine rings is 1. The van der Waals surface area contributed by atoms with Crippen LogP contribution in [0.5, 0.6) is 0 Å². The van der Waals surface area contributed by atoms with Crippen LogP contribution in [-0.2, 0) is 0 Å². The molecule has 0 radical (unpaired) electrons. The average molecular weight is 342 g/mol. The fourth-order valence-electron chi connectivity index (χ4n) is 2.71. The zero-order valence-electron chi connectivity index (χ0n) is 12.5. The summed E-state index contributed by atoms with van der Waals surface area (Å²) in [5, 5.41) is 9.26. The van der Waals surface area contributed by atoms with E-state index in [1.54, 1.807) is 0 Å². The first-order valence-electron chi connectivity index (χ1n) is 6.99. The van der Waals surface area contributed by atoms with E-state index in [-0.39, 0.29) is 23.5 Å². The van der Waals surface area contributed by atoms with Crippen molar-refractivity contribution in [2.45, 2.75) is 0 Å². The highest BCUT2D eigenvalue weighted by molar-refractivity contribution is 5.95. The summed E-state index contributed by atoms with van der Waals surface area (Å²) < 4.78 is 13.9. The molecule has 1 aromatic heterocycles. The van der Waals surface area contributed by atoms with Crippen molar-refractivity contribution in [1.82, 2.24) is 9.88 Å². The molecule has 0 atom stereocenters. The zero-order valence-corrected chi connectivity index (χ0v) is 13.3. The molecule has 6 nitrogen and oxygen atoms in total. The van der Waals surface area contributed by atoms with Crippen LogP contribution in [0.2, 0.25) is 0 Å². The van der Waals surface area contributed by atoms with Crippen molar-refractivity contribution in [2.24, 2.45) is 0 Å². The molecule has 0 spiro atoms. The molecule has 8 heteroatoms. The summed E-state index contributed by atoms with van der Waals surface area (Å²) >= 11 is 0. The molecule has 23 heavy (non-hydrogen) atoms. The molecule has 0 amide bonds. The van der Waals surface area contributed by atoms with Gasteiger partial charge in [-0.15, -0.1) is 12.4 Å². The number of halogens is 2. The number of fused-ring (bicyclic) bond motifs is 1. The number of nitrogens with zero attached hydrogens (tertiary/aromatic N) is 2. The topological polar surface area (TPSA) is 76.6 Å². The maximum absolute atomic E-state index is 13.9. The molecule has 0 bridgehead atoms. The number of pyridine rings is 1. The molecule has 124 valence electrons. The predicted molar refractivity (Wildman–Crippen MR) is 88.4 cm³/mol. The minimum Gasteiger partial charge on any atom is -0.477 e. The van der Waals surface area contributed by atoms with Crippen molar-refractivity contribution in [2.75, 3.05) is 38.1 Å². The lowest BCUT2D eigenvalue weighted by molar-refractivity contribution is 0.0691. The third-order valence-corrected chi connectivity index (χ3v) is 3.96. The molecule has 2 aromatic rings. The van der Waals surface area contributed by atoms with Gasteiger partial charge in [-0.05, 0) is 19.2 Å². The summed E-state index contributed by atoms with van der Waals surface area (Å²) in [5.74, 6) is -1.72. The lowest BCUT2D eigenvalue weighted by atomic mass is 10.1. The largest absolute Gasteiger partial charge is 0.477 e. The number of rotatable bonds is 2. The van der Waals surface area contributed by atoms with Crippen molar-refractivity contribution < 1.29 is 14.3 Å². The molecular weight excluding hydrogens is 325 g/mol. The first kappa shape index (κ1) is 17.2. The molecule has 1 aliphatic rings. The smallest absolute Gasteiger partial charge is 0.352 e. The Labute approximate surface area is 137 Å². The van der Waals surface area contributed by atoms with Crippen LogP contribution in [0.25, 0.3) is 10.9 Å². The summed E-state index contributed by atoms with van der Waals surface area (Å²) in [6.07, 6.45) is 0. The lowest BCUT2D eigenvalue weighted by Gasteiger charge is -2.34. The number of anilines is 1. The second-order valence-corrected chi connectivity index (χ2v) is 5.49. The van der Waals surface area contributed by atoms with E-state index in [1.165, 1.54) is 6.07 Å². The van der Waals surface area contributed by atoms with E-state index in [0.29, 0.717) is 24.3 Å². The van der Waals surface area contributed by atoms with E-state index in [9.17, 15) is 14.0 Å². The SMILES string of the molecule is CN1CCN(c2cc(F)cc3c(=O)cc(C(=O)O)[nH]c23)CC1.Cl. The van der Waals surface area contributed by atoms with E-state index >= 15 is 0 Å². The van der Waals surface area contributed by atoms with Gasteiger partial charge in [0.1, 0.15) is 11.5 Å². The van der Waals surface area contributed by atoms with Gasteiger partial charge in [-0.25, -0.2) is 9.18 Å². The van der Waals surface area contributed by atoms with Gasteiger partial charge in [0.2, 0.25) is 0 Å². The third kappa shape index (κ3) is 3.30. The minimum atomic E-state index is -1.22. The number of carboxylic acid groups (broad SMARTS) is 1. The first-order valence-corrected chi connectivity index (χ1v) is 6.99. The van der Waals surface area contributed by atoms with Crippen molar-refractivity contribution in [3.8, 4) is 0 Å². The van der Waals surface area contributed by atoms with Gasteiger partial charge >= 0.3 is 5.97 Å². The molecular formula is C15H17ClFN3O3. The van der Waals surface area contributed by atoms with Gasteiger partial charge in [0.05, 0.1) is 16.6 Å². The third-order valence-electron chi connectivity index (χ3n) is 3.96. The second-order valence-electron chi connectivity index (χ2n) is 5.49. The van der Waals surface area contributed by atoms with Gasteiger partial charge in [0.25, 0.3) is 0 Å². The summed E-state index contributed by atoms with van der Waals surface area (Å²) in [6.45, 7) is 3.02. The van der Waals surface area contributed by atoms with Crippen molar-refractivity contribution in [3.05, 3.63) is 39.9 Å². The van der Waals surface area contributed by atoms with Crippen LogP contribution in [0.1, 0.15) is 10.5 Å². The van der Waals surface area contributed by atoms with Crippen LogP contribution >= 0.6 is 12.4 Å². The fraction of sp³-hybridized carbons (Fsp3) is 0.333. The molecule has 0 unspecified atom stereocenters. The molecule has 0 saturated carbocycles. The zero-order chi connectivity index (χ0) is 15.9. The van der Waals surface area contributed by atoms with Gasteiger partial charge in [0, 0.05) is 32.2 Å². The quantitative estimate of drug-likeness (QED) is 0.866. The van der Waals surface area contributed by atoms with Gasteiger partial charge in [-0.3, -0.25) is 4.79 Å². The number of hydrogen-bond acceptors (Lipinski definition) is 4. The maximum Gasteiger partial charge on any atom is 0.352 e. The first-order chi connectivity index (χ1) is 10.5. The van der Waals surface area contributed by atoms with Gasteiger partial charge < -0.3 is 19.9 Å². The number of aromatic carboxylic acids is 1. The molecule has 2 heterocycles. The Morgan fingerprint density at radius 1 is 1.22 bits per heavy atom. The Hall–Kier alpha value is -2.12. The molecule has 3 rings (SSSR count). The highest BCUT2D eigenvalue weighted by Crippen LogP contribution is 2.26. The summed E-state index contributed by atoms with van der Waals surface area (Å²) in [6, 6.07) is 3.46. The number of nitrogens with one attached hydrogen (secondary N) is 1. The normalized spacial score (nSPS) is 15.5. The maximum atomic E-state index is 13.9. The Morgan fingerprint density at radius 3 is 2.48 bits per heavy atom. The van der Waals surface area contributed by atoms with Crippen LogP contribution in [0, 0.1) is 5.82 Å². The van der Waals surface area contributed by atoms with Crippen LogP contribution in [0.3, 0.4) is 0 Å². The highest BCUT2D eigenvalue weighted by Gasteiger charge is 2.19. The van der Waals surface area contributed by atoms with Crippen LogP contribution in [0.4, 0.5) is 10.1 Å². The molecule has 1 aromatic carbocycles. The van der Waals surface area contributed by atoms with E-state index in [4.69, 9.17) is 5.11 Å². The fourth-order valence-corrected chi connectivity index (χ4v) is 2.71. The van der Waals surface area contributed by atoms with Gasteiger partial charge in [-0.1, -0.05) is 0 Å². The molecule has 1 fully saturated rings. The van der Waals surface area contributed by atoms with Crippen molar-refractivity contribution >= 4 is 35.0 Å². The number of aromatic amines is 1. The number of carboxylic acids is 1. The van der Waals surface area contributed by atoms with Gasteiger partial charge in [-0.2, -0.15) is 0 Å². The Morgan fingerprint density at radius 2 is 1.87 bits per heavy atom. The Kier molecular flexibility index (Phi) is 4.91. The minimum absolute atomic E-state index is 0. The number of benzene rings is 1. The number of likely N-dealkylation sites (N-methyl/N-ethyl adjacent to an activating group) is 1. The van der Waals surface area contributed by atoms with Crippen LogP contribution in [0.15, 0.2) is 23.0 Å². The summed E-state index contributed by atoms with van der Waals surface area (Å²) in [4.78, 5) is 30.1. The van der Waals surface area contributed by atoms with Gasteiger partial charge in [0.15, 0.2) is 5.43 Å². The monoisotopic (exact) mass is 341 g/mol. The lowest BCUT2D eigenvalue weighted by Crippen LogP contribution is -2.44. The second kappa shape index (κ2) is 6.55. The Bertz CT molecular complexity index is 800. The predicted octanol–water partition coefficient (Wildman–Crippen LogP) is 1.54. The van der Waals surface area contributed by atoms with Crippen LogP contribution < -0.4 is 10.3 Å². The number of H-pyrrole nitrogens is 1. The summed E-state index contributed by atoms with van der Waals surface area (Å²) in [5.41, 5.74) is 0.208. The van der Waals surface area contributed by atoms with E-state index in [0.717, 1.165) is 25.2 Å². The summed E-state index contributed by atoms with van der Waals surface area (Å²) in [7, 11) is 2.01. The van der Waals surface area contributed by atoms with E-state index < -0.39 is 17.2 Å². The van der Waals surface area contributed by atoms with Crippen molar-refractivity contribution in [1.29, 1.82) is 0 Å². The standard InChI is InChI=1S/C15H16FN3O3.ClH/c1-18-2-4-19(5-3-18)12-7-9(16)6-10-13(20)8-11(15(21)22)17-14(10)12;/h6-8H,2-5H2,1H3,(H,17,20)(H,21,22);1H. The van der Waals surface area contributed by atoms with Crippen molar-refractivity contribution in [3.63, 3.8) is 0 Å². The number of carbonyl (C=O) groups is 1.